The smallest absolute Gasteiger partial charge is 0.227 e. The Balaban J connectivity index is 1.29. The van der Waals surface area contributed by atoms with Crippen molar-refractivity contribution in [3.63, 3.8) is 0 Å². The largest absolute Gasteiger partial charge is 0.360 e. The molecule has 1 N–H and O–H groups in total. The van der Waals surface area contributed by atoms with Crippen LogP contribution in [0.15, 0.2) is 46.8 Å². The fourth-order valence-corrected chi connectivity index (χ4v) is 4.60. The predicted octanol–water partition coefficient (Wildman–Crippen LogP) is 2.77. The van der Waals surface area contributed by atoms with Gasteiger partial charge in [0.2, 0.25) is 5.91 Å². The average Bonchev–Trinajstić information content (AvgIpc) is 3.41. The first-order valence-electron chi connectivity index (χ1n) is 9.88. The number of hydrogen-bond acceptors (Lipinski definition) is 4. The number of nitrogens with one attached hydrogen (secondary N) is 1. The minimum absolute atomic E-state index is 0.230. The number of aliphatic imine (C=N–C) groups is 1. The van der Waals surface area contributed by atoms with Crippen LogP contribution < -0.4 is 15.1 Å². The Hall–Kier alpha value is -2.54. The molecule has 2 aliphatic heterocycles. The van der Waals surface area contributed by atoms with Crippen molar-refractivity contribution < 1.29 is 4.79 Å². The van der Waals surface area contributed by atoms with E-state index in [4.69, 9.17) is 0 Å². The van der Waals surface area contributed by atoms with Crippen LogP contribution in [0.3, 0.4) is 0 Å². The van der Waals surface area contributed by atoms with Crippen molar-refractivity contribution in [3.05, 3.63) is 47.3 Å². The van der Waals surface area contributed by atoms with Gasteiger partial charge in [-0.3, -0.25) is 9.79 Å². The van der Waals surface area contributed by atoms with Gasteiger partial charge in [-0.2, -0.15) is 0 Å². The topological polar surface area (TPSA) is 51.2 Å². The maximum absolute atomic E-state index is 11.9. The van der Waals surface area contributed by atoms with Gasteiger partial charge in [-0.1, -0.05) is 12.1 Å². The van der Waals surface area contributed by atoms with E-state index in [1.54, 1.807) is 11.3 Å². The molecule has 0 aliphatic carbocycles. The minimum atomic E-state index is 0.230. The summed E-state index contributed by atoms with van der Waals surface area (Å²) in [5.41, 5.74) is 2.19. The summed E-state index contributed by atoms with van der Waals surface area (Å²) in [4.78, 5) is 23.0. The zero-order chi connectivity index (χ0) is 19.3. The van der Waals surface area contributed by atoms with Gasteiger partial charge in [0.05, 0.1) is 5.00 Å². The van der Waals surface area contributed by atoms with Crippen molar-refractivity contribution >= 4 is 33.9 Å². The Kier molecular flexibility index (Phi) is 5.81. The van der Waals surface area contributed by atoms with E-state index in [9.17, 15) is 4.79 Å². The van der Waals surface area contributed by atoms with Crippen LogP contribution in [0.5, 0.6) is 0 Å². The van der Waals surface area contributed by atoms with Crippen molar-refractivity contribution in [2.75, 3.05) is 49.6 Å². The third kappa shape index (κ3) is 4.14. The van der Waals surface area contributed by atoms with Crippen LogP contribution in [0.25, 0.3) is 0 Å². The molecule has 2 fully saturated rings. The van der Waals surface area contributed by atoms with Crippen LogP contribution in [0.4, 0.5) is 10.7 Å². The molecule has 0 radical (unpaired) electrons. The highest BCUT2D eigenvalue weighted by Gasteiger charge is 2.22. The average molecular weight is 398 g/mol. The maximum atomic E-state index is 11.9. The molecule has 148 valence electrons. The first kappa shape index (κ1) is 18.8. The standard InChI is InChI=1S/C21H27N5OS/c1-22-21(25-13-11-24(12-14-25)20-5-3-15-28-20)23-16-17-6-8-18(9-7-17)26-10-2-4-19(26)27/h3,5-9,15H,2,4,10-14,16H2,1H3,(H,22,23). The van der Waals surface area contributed by atoms with Crippen LogP contribution >= 0.6 is 11.3 Å². The molecule has 0 spiro atoms. The van der Waals surface area contributed by atoms with Gasteiger partial charge in [-0.25, -0.2) is 0 Å². The lowest BCUT2D eigenvalue weighted by molar-refractivity contribution is -0.117. The van der Waals surface area contributed by atoms with E-state index in [0.717, 1.165) is 57.3 Å². The number of anilines is 2. The monoisotopic (exact) mass is 397 g/mol. The number of benzene rings is 1. The van der Waals surface area contributed by atoms with E-state index < -0.39 is 0 Å². The van der Waals surface area contributed by atoms with E-state index in [1.807, 2.05) is 24.1 Å². The molecule has 28 heavy (non-hydrogen) atoms. The first-order valence-corrected chi connectivity index (χ1v) is 10.8. The molecular weight excluding hydrogens is 370 g/mol. The summed E-state index contributed by atoms with van der Waals surface area (Å²) >= 11 is 1.80. The summed E-state index contributed by atoms with van der Waals surface area (Å²) < 4.78 is 0. The Morgan fingerprint density at radius 3 is 2.50 bits per heavy atom. The summed E-state index contributed by atoms with van der Waals surface area (Å²) in [6, 6.07) is 12.6. The Morgan fingerprint density at radius 1 is 1.11 bits per heavy atom. The molecule has 1 amide bonds. The molecule has 0 bridgehead atoms. The van der Waals surface area contributed by atoms with E-state index in [1.165, 1.54) is 10.6 Å². The van der Waals surface area contributed by atoms with E-state index in [-0.39, 0.29) is 5.91 Å². The maximum Gasteiger partial charge on any atom is 0.227 e. The number of thiophene rings is 1. The lowest BCUT2D eigenvalue weighted by Gasteiger charge is -2.37. The van der Waals surface area contributed by atoms with Gasteiger partial charge in [0.1, 0.15) is 0 Å². The summed E-state index contributed by atoms with van der Waals surface area (Å²) in [6.45, 7) is 5.52. The number of carbonyl (C=O) groups is 1. The Bertz CT molecular complexity index is 810. The lowest BCUT2D eigenvalue weighted by atomic mass is 10.2. The molecule has 3 heterocycles. The second-order valence-corrected chi connectivity index (χ2v) is 8.07. The third-order valence-electron chi connectivity index (χ3n) is 5.38. The second kappa shape index (κ2) is 8.65. The highest BCUT2D eigenvalue weighted by molar-refractivity contribution is 7.14. The Labute approximate surface area is 170 Å². The van der Waals surface area contributed by atoms with Crippen molar-refractivity contribution in [1.82, 2.24) is 10.2 Å². The zero-order valence-corrected chi connectivity index (χ0v) is 17.1. The summed E-state index contributed by atoms with van der Waals surface area (Å²) in [6.07, 6.45) is 1.62. The molecule has 0 unspecified atom stereocenters. The number of piperazine rings is 1. The molecule has 0 atom stereocenters. The second-order valence-electron chi connectivity index (χ2n) is 7.14. The molecule has 2 saturated heterocycles. The highest BCUT2D eigenvalue weighted by Crippen LogP contribution is 2.23. The molecule has 1 aromatic carbocycles. The first-order chi connectivity index (χ1) is 13.7. The van der Waals surface area contributed by atoms with E-state index >= 15 is 0 Å². The number of amides is 1. The molecule has 1 aromatic heterocycles. The van der Waals surface area contributed by atoms with Crippen molar-refractivity contribution in [2.24, 2.45) is 4.99 Å². The number of hydrogen-bond donors (Lipinski definition) is 1. The quantitative estimate of drug-likeness (QED) is 0.637. The van der Waals surface area contributed by atoms with Gasteiger partial charge in [0.15, 0.2) is 5.96 Å². The van der Waals surface area contributed by atoms with Gasteiger partial charge >= 0.3 is 0 Å². The van der Waals surface area contributed by atoms with Crippen LogP contribution in [0.2, 0.25) is 0 Å². The van der Waals surface area contributed by atoms with Gasteiger partial charge in [0, 0.05) is 58.4 Å². The fourth-order valence-electron chi connectivity index (χ4n) is 3.82. The summed E-state index contributed by atoms with van der Waals surface area (Å²) in [7, 11) is 1.84. The molecular formula is C21H27N5OS. The molecule has 4 rings (SSSR count). The number of nitrogens with zero attached hydrogens (tertiary/aromatic N) is 4. The number of rotatable bonds is 4. The molecule has 2 aromatic rings. The Morgan fingerprint density at radius 2 is 1.89 bits per heavy atom. The summed E-state index contributed by atoms with van der Waals surface area (Å²) in [5, 5.41) is 6.96. The lowest BCUT2D eigenvalue weighted by Crippen LogP contribution is -2.52. The van der Waals surface area contributed by atoms with Crippen LogP contribution in [0, 0.1) is 0 Å². The normalized spacial score (nSPS) is 18.1. The van der Waals surface area contributed by atoms with Crippen LogP contribution in [-0.4, -0.2) is 56.5 Å². The van der Waals surface area contributed by atoms with E-state index in [2.05, 4.69) is 49.8 Å². The molecule has 2 aliphatic rings. The number of carbonyl (C=O) groups excluding carboxylic acids is 1. The van der Waals surface area contributed by atoms with Gasteiger partial charge < -0.3 is 20.0 Å². The molecule has 0 saturated carbocycles. The van der Waals surface area contributed by atoms with Gasteiger partial charge in [0.25, 0.3) is 0 Å². The van der Waals surface area contributed by atoms with Crippen LogP contribution in [0.1, 0.15) is 18.4 Å². The minimum Gasteiger partial charge on any atom is -0.360 e. The third-order valence-corrected chi connectivity index (χ3v) is 6.31. The molecule has 6 nitrogen and oxygen atoms in total. The van der Waals surface area contributed by atoms with Crippen molar-refractivity contribution in [3.8, 4) is 0 Å². The summed E-state index contributed by atoms with van der Waals surface area (Å²) in [5.74, 6) is 1.18. The number of guanidine groups is 1. The van der Waals surface area contributed by atoms with Crippen molar-refractivity contribution in [2.45, 2.75) is 19.4 Å². The van der Waals surface area contributed by atoms with Gasteiger partial charge in [-0.05, 0) is 41.6 Å². The highest BCUT2D eigenvalue weighted by atomic mass is 32.1. The van der Waals surface area contributed by atoms with E-state index in [0.29, 0.717) is 6.42 Å². The fraction of sp³-hybridized carbons (Fsp3) is 0.429. The zero-order valence-electron chi connectivity index (χ0n) is 16.3. The van der Waals surface area contributed by atoms with Crippen molar-refractivity contribution in [1.29, 1.82) is 0 Å². The predicted molar refractivity (Wildman–Crippen MR) is 116 cm³/mol. The molecule has 7 heteroatoms. The van der Waals surface area contributed by atoms with Crippen LogP contribution in [-0.2, 0) is 11.3 Å². The van der Waals surface area contributed by atoms with Gasteiger partial charge in [-0.15, -0.1) is 11.3 Å². The SMILES string of the molecule is CN=C(NCc1ccc(N2CCCC2=O)cc1)N1CCN(c2cccs2)CC1.